The van der Waals surface area contributed by atoms with E-state index >= 15 is 0 Å². The van der Waals surface area contributed by atoms with Crippen molar-refractivity contribution in [2.75, 3.05) is 31.0 Å². The lowest BCUT2D eigenvalue weighted by molar-refractivity contribution is -0.130. The molecule has 1 amide bonds. The van der Waals surface area contributed by atoms with Crippen molar-refractivity contribution in [3.63, 3.8) is 0 Å². The molecule has 7 nitrogen and oxygen atoms in total. The molecular formula is C23H25N3O4S. The van der Waals surface area contributed by atoms with Gasteiger partial charge < -0.3 is 9.64 Å². The molecule has 1 saturated heterocycles. The van der Waals surface area contributed by atoms with Crippen LogP contribution in [0, 0.1) is 0 Å². The number of pyridine rings is 1. The van der Waals surface area contributed by atoms with Gasteiger partial charge >= 0.3 is 0 Å². The molecular weight excluding hydrogens is 414 g/mol. The molecule has 0 bridgehead atoms. The van der Waals surface area contributed by atoms with Crippen LogP contribution in [0.4, 0.5) is 5.69 Å². The van der Waals surface area contributed by atoms with E-state index in [9.17, 15) is 13.2 Å². The lowest BCUT2D eigenvalue weighted by Gasteiger charge is -2.31. The first-order valence-corrected chi connectivity index (χ1v) is 11.7. The first-order valence-electron chi connectivity index (χ1n) is 10.3. The Morgan fingerprint density at radius 1 is 1.06 bits per heavy atom. The smallest absolute Gasteiger partial charge is 0.265 e. The van der Waals surface area contributed by atoms with Crippen LogP contribution < -0.4 is 9.04 Å². The van der Waals surface area contributed by atoms with Crippen molar-refractivity contribution in [3.05, 3.63) is 60.9 Å². The van der Waals surface area contributed by atoms with E-state index in [4.69, 9.17) is 4.74 Å². The zero-order chi connectivity index (χ0) is 21.8. The van der Waals surface area contributed by atoms with Gasteiger partial charge in [0, 0.05) is 36.3 Å². The summed E-state index contributed by atoms with van der Waals surface area (Å²) >= 11 is 0. The second-order valence-corrected chi connectivity index (χ2v) is 9.33. The molecule has 2 heterocycles. The highest BCUT2D eigenvalue weighted by Crippen LogP contribution is 2.30. The third-order valence-electron chi connectivity index (χ3n) is 5.56. The van der Waals surface area contributed by atoms with Crippen LogP contribution in [-0.4, -0.2) is 51.0 Å². The molecule has 1 aliphatic heterocycles. The number of methoxy groups -OCH3 is 1. The molecule has 2 aromatic carbocycles. The van der Waals surface area contributed by atoms with Crippen LogP contribution >= 0.6 is 0 Å². The quantitative estimate of drug-likeness (QED) is 0.588. The molecule has 0 radical (unpaired) electrons. The van der Waals surface area contributed by atoms with Gasteiger partial charge in [-0.15, -0.1) is 0 Å². The van der Waals surface area contributed by atoms with Gasteiger partial charge in [-0.05, 0) is 55.7 Å². The monoisotopic (exact) mass is 439 g/mol. The summed E-state index contributed by atoms with van der Waals surface area (Å²) in [5.74, 6) is 0.417. The average molecular weight is 440 g/mol. The number of hydrogen-bond donors (Lipinski definition) is 0. The minimum absolute atomic E-state index is 0.148. The van der Waals surface area contributed by atoms with E-state index in [1.165, 1.54) is 4.31 Å². The zero-order valence-corrected chi connectivity index (χ0v) is 18.2. The summed E-state index contributed by atoms with van der Waals surface area (Å²) in [6, 6.07) is 13.5. The number of aromatic nitrogens is 1. The maximum atomic E-state index is 13.8. The highest BCUT2D eigenvalue weighted by atomic mass is 32.2. The first kappa shape index (κ1) is 21.1. The fraction of sp³-hybridized carbons (Fsp3) is 0.304. The molecule has 0 unspecified atom stereocenters. The molecule has 0 N–H and O–H groups in total. The number of likely N-dealkylation sites (tertiary alicyclic amines) is 1. The Kier molecular flexibility index (Phi) is 6.08. The number of hydrogen-bond acceptors (Lipinski definition) is 5. The van der Waals surface area contributed by atoms with Crippen molar-refractivity contribution in [3.8, 4) is 5.75 Å². The van der Waals surface area contributed by atoms with Gasteiger partial charge in [0.25, 0.3) is 10.0 Å². The largest absolute Gasteiger partial charge is 0.497 e. The van der Waals surface area contributed by atoms with Gasteiger partial charge in [-0.1, -0.05) is 12.1 Å². The maximum Gasteiger partial charge on any atom is 0.265 e. The molecule has 3 aromatic rings. The van der Waals surface area contributed by atoms with Crippen LogP contribution in [0.5, 0.6) is 5.75 Å². The summed E-state index contributed by atoms with van der Waals surface area (Å²) in [6.07, 6.45) is 6.17. The minimum atomic E-state index is -4.02. The molecule has 162 valence electrons. The summed E-state index contributed by atoms with van der Waals surface area (Å²) in [5.41, 5.74) is 0.414. The summed E-state index contributed by atoms with van der Waals surface area (Å²) in [5, 5.41) is 1.29. The molecule has 1 fully saturated rings. The summed E-state index contributed by atoms with van der Waals surface area (Å²) in [7, 11) is -2.47. The number of anilines is 1. The van der Waals surface area contributed by atoms with Crippen LogP contribution in [0.25, 0.3) is 10.8 Å². The molecule has 4 rings (SSSR count). The van der Waals surface area contributed by atoms with Gasteiger partial charge in [0.15, 0.2) is 0 Å². The van der Waals surface area contributed by atoms with Crippen LogP contribution in [0.2, 0.25) is 0 Å². The number of nitrogens with zero attached hydrogens (tertiary/aromatic N) is 3. The molecule has 0 spiro atoms. The highest BCUT2D eigenvalue weighted by molar-refractivity contribution is 7.93. The Labute approximate surface area is 182 Å². The number of amides is 1. The fourth-order valence-corrected chi connectivity index (χ4v) is 5.50. The van der Waals surface area contributed by atoms with Crippen molar-refractivity contribution in [1.29, 1.82) is 0 Å². The number of fused-ring (bicyclic) bond motifs is 1. The Hall–Kier alpha value is -3.13. The van der Waals surface area contributed by atoms with Gasteiger partial charge in [0.05, 0.1) is 17.7 Å². The summed E-state index contributed by atoms with van der Waals surface area (Å²) in [4.78, 5) is 19.0. The second kappa shape index (κ2) is 8.93. The Bertz CT molecular complexity index is 1170. The van der Waals surface area contributed by atoms with E-state index in [-0.39, 0.29) is 17.3 Å². The lowest BCUT2D eigenvalue weighted by atomic mass is 10.1. The molecule has 31 heavy (non-hydrogen) atoms. The third-order valence-corrected chi connectivity index (χ3v) is 7.39. The normalized spacial score (nSPS) is 14.4. The number of sulfonamides is 1. The fourth-order valence-electron chi connectivity index (χ4n) is 3.87. The highest BCUT2D eigenvalue weighted by Gasteiger charge is 2.30. The predicted octanol–water partition coefficient (Wildman–Crippen LogP) is 3.45. The van der Waals surface area contributed by atoms with Crippen molar-refractivity contribution >= 4 is 32.4 Å². The van der Waals surface area contributed by atoms with Gasteiger partial charge in [-0.2, -0.15) is 0 Å². The van der Waals surface area contributed by atoms with Gasteiger partial charge in [0.2, 0.25) is 5.91 Å². The lowest BCUT2D eigenvalue weighted by Crippen LogP contribution is -2.44. The maximum absolute atomic E-state index is 13.8. The Balaban J connectivity index is 1.77. The Morgan fingerprint density at radius 3 is 2.52 bits per heavy atom. The van der Waals surface area contributed by atoms with Crippen LogP contribution in [-0.2, 0) is 14.8 Å². The van der Waals surface area contributed by atoms with Crippen molar-refractivity contribution in [2.45, 2.75) is 24.2 Å². The van der Waals surface area contributed by atoms with E-state index in [0.29, 0.717) is 29.9 Å². The van der Waals surface area contributed by atoms with Crippen LogP contribution in [0.15, 0.2) is 65.8 Å². The van der Waals surface area contributed by atoms with Crippen LogP contribution in [0.3, 0.4) is 0 Å². The standard InChI is InChI=1S/C23H25N3O4S/c1-30-20-10-8-19(9-11-20)26(17-23(27)25-14-3-2-4-15-25)31(28,29)22-7-5-6-18-16-24-13-12-21(18)22/h5-13,16H,2-4,14-15,17H2,1H3. The number of rotatable bonds is 6. The van der Waals surface area contributed by atoms with Crippen molar-refractivity contribution < 1.29 is 17.9 Å². The molecule has 0 atom stereocenters. The Morgan fingerprint density at radius 2 is 1.81 bits per heavy atom. The SMILES string of the molecule is COc1ccc(N(CC(=O)N2CCCCC2)S(=O)(=O)c2cccc3cnccc23)cc1. The third kappa shape index (κ3) is 4.34. The number of benzene rings is 2. The number of carbonyl (C=O) groups is 1. The van der Waals surface area contributed by atoms with E-state index in [1.54, 1.807) is 66.9 Å². The van der Waals surface area contributed by atoms with Crippen molar-refractivity contribution in [2.24, 2.45) is 0 Å². The average Bonchev–Trinajstić information content (AvgIpc) is 2.82. The summed E-state index contributed by atoms with van der Waals surface area (Å²) < 4.78 is 34.0. The molecule has 0 saturated carbocycles. The van der Waals surface area contributed by atoms with Crippen molar-refractivity contribution in [1.82, 2.24) is 9.88 Å². The van der Waals surface area contributed by atoms with Crippen LogP contribution in [0.1, 0.15) is 19.3 Å². The van der Waals surface area contributed by atoms with Gasteiger partial charge in [-0.3, -0.25) is 14.1 Å². The minimum Gasteiger partial charge on any atom is -0.497 e. The topological polar surface area (TPSA) is 79.8 Å². The number of carbonyl (C=O) groups excluding carboxylic acids is 1. The summed E-state index contributed by atoms with van der Waals surface area (Å²) in [6.45, 7) is 1.07. The first-order chi connectivity index (χ1) is 15.0. The van der Waals surface area contributed by atoms with E-state index < -0.39 is 10.0 Å². The molecule has 8 heteroatoms. The predicted molar refractivity (Wildman–Crippen MR) is 120 cm³/mol. The number of ether oxygens (including phenoxy) is 1. The van der Waals surface area contributed by atoms with E-state index in [1.807, 2.05) is 6.07 Å². The molecule has 0 aliphatic carbocycles. The van der Waals surface area contributed by atoms with E-state index in [2.05, 4.69) is 4.98 Å². The van der Waals surface area contributed by atoms with Gasteiger partial charge in [-0.25, -0.2) is 8.42 Å². The second-order valence-electron chi connectivity index (χ2n) is 7.50. The zero-order valence-electron chi connectivity index (χ0n) is 17.4. The number of piperidine rings is 1. The molecule has 1 aromatic heterocycles. The van der Waals surface area contributed by atoms with Gasteiger partial charge in [0.1, 0.15) is 12.3 Å². The molecule has 1 aliphatic rings. The van der Waals surface area contributed by atoms with E-state index in [0.717, 1.165) is 24.6 Å².